The summed E-state index contributed by atoms with van der Waals surface area (Å²) in [5.41, 5.74) is 6.01. The SMILES string of the molecule is Cc1ccc2c(c1)c1c(n2CCCN(C)C)CCN(C)CC1. The Morgan fingerprint density at radius 1 is 1.14 bits per heavy atom. The van der Waals surface area contributed by atoms with E-state index >= 15 is 0 Å². The molecule has 1 aliphatic heterocycles. The van der Waals surface area contributed by atoms with Crippen LogP contribution in [-0.2, 0) is 19.4 Å². The lowest BCUT2D eigenvalue weighted by molar-refractivity contribution is 0.349. The highest BCUT2D eigenvalue weighted by Crippen LogP contribution is 2.30. The van der Waals surface area contributed by atoms with E-state index in [4.69, 9.17) is 0 Å². The Hall–Kier alpha value is -1.32. The molecular weight excluding hydrogens is 270 g/mol. The molecule has 0 aliphatic carbocycles. The lowest BCUT2D eigenvalue weighted by Crippen LogP contribution is -2.21. The molecule has 1 aliphatic rings. The van der Waals surface area contributed by atoms with Crippen LogP contribution in [0.1, 0.15) is 23.2 Å². The van der Waals surface area contributed by atoms with Gasteiger partial charge in [0.1, 0.15) is 0 Å². The molecule has 0 atom stereocenters. The van der Waals surface area contributed by atoms with Crippen LogP contribution < -0.4 is 0 Å². The molecule has 2 aromatic rings. The van der Waals surface area contributed by atoms with Crippen LogP contribution in [0.15, 0.2) is 18.2 Å². The molecule has 3 nitrogen and oxygen atoms in total. The van der Waals surface area contributed by atoms with Crippen LogP contribution in [0.2, 0.25) is 0 Å². The van der Waals surface area contributed by atoms with E-state index in [-0.39, 0.29) is 0 Å². The fourth-order valence-electron chi connectivity index (χ4n) is 3.67. The van der Waals surface area contributed by atoms with Gasteiger partial charge in [-0.25, -0.2) is 0 Å². The first kappa shape index (κ1) is 15.6. The van der Waals surface area contributed by atoms with E-state index in [1.54, 1.807) is 11.3 Å². The summed E-state index contributed by atoms with van der Waals surface area (Å²) in [6.07, 6.45) is 3.58. The molecule has 0 unspecified atom stereocenters. The minimum atomic E-state index is 1.14. The molecule has 120 valence electrons. The highest BCUT2D eigenvalue weighted by atomic mass is 15.1. The summed E-state index contributed by atoms with van der Waals surface area (Å²) in [5, 5.41) is 1.50. The number of hydrogen-bond donors (Lipinski definition) is 0. The molecule has 1 aromatic carbocycles. The molecule has 1 aromatic heterocycles. The summed E-state index contributed by atoms with van der Waals surface area (Å²) in [7, 11) is 6.56. The van der Waals surface area contributed by atoms with Gasteiger partial charge in [0.25, 0.3) is 0 Å². The molecule has 2 heterocycles. The van der Waals surface area contributed by atoms with Crippen molar-refractivity contribution in [2.45, 2.75) is 32.7 Å². The summed E-state index contributed by atoms with van der Waals surface area (Å²) < 4.78 is 2.60. The van der Waals surface area contributed by atoms with Gasteiger partial charge in [0.15, 0.2) is 0 Å². The lowest BCUT2D eigenvalue weighted by Gasteiger charge is -2.15. The summed E-state index contributed by atoms with van der Waals surface area (Å²) in [4.78, 5) is 4.74. The highest BCUT2D eigenvalue weighted by Gasteiger charge is 2.20. The smallest absolute Gasteiger partial charge is 0.0485 e. The maximum absolute atomic E-state index is 2.60. The predicted octanol–water partition coefficient (Wildman–Crippen LogP) is 2.93. The number of nitrogens with zero attached hydrogens (tertiary/aromatic N) is 3. The van der Waals surface area contributed by atoms with Gasteiger partial charge in [-0.2, -0.15) is 0 Å². The number of benzene rings is 1. The van der Waals surface area contributed by atoms with E-state index in [2.05, 4.69) is 60.6 Å². The van der Waals surface area contributed by atoms with E-state index in [1.807, 2.05) is 0 Å². The number of aryl methyl sites for hydroxylation is 2. The number of likely N-dealkylation sites (N-methyl/N-ethyl adjacent to an activating group) is 1. The van der Waals surface area contributed by atoms with Gasteiger partial charge in [-0.3, -0.25) is 0 Å². The predicted molar refractivity (Wildman–Crippen MR) is 94.8 cm³/mol. The van der Waals surface area contributed by atoms with Gasteiger partial charge >= 0.3 is 0 Å². The van der Waals surface area contributed by atoms with Crippen LogP contribution >= 0.6 is 0 Å². The Morgan fingerprint density at radius 3 is 2.68 bits per heavy atom. The topological polar surface area (TPSA) is 11.4 Å². The average molecular weight is 299 g/mol. The summed E-state index contributed by atoms with van der Waals surface area (Å²) in [6, 6.07) is 6.98. The third kappa shape index (κ3) is 3.06. The molecule has 0 fully saturated rings. The van der Waals surface area contributed by atoms with Crippen LogP contribution in [0.4, 0.5) is 0 Å². The molecule has 0 N–H and O–H groups in total. The van der Waals surface area contributed by atoms with E-state index in [9.17, 15) is 0 Å². The first-order chi connectivity index (χ1) is 10.6. The summed E-state index contributed by atoms with van der Waals surface area (Å²) in [6.45, 7) is 6.85. The van der Waals surface area contributed by atoms with Crippen molar-refractivity contribution in [1.29, 1.82) is 0 Å². The Labute approximate surface area is 134 Å². The van der Waals surface area contributed by atoms with Crippen molar-refractivity contribution in [3.8, 4) is 0 Å². The van der Waals surface area contributed by atoms with Crippen molar-refractivity contribution in [3.05, 3.63) is 35.0 Å². The third-order valence-corrected chi connectivity index (χ3v) is 4.90. The van der Waals surface area contributed by atoms with Crippen molar-refractivity contribution in [3.63, 3.8) is 0 Å². The van der Waals surface area contributed by atoms with Crippen molar-refractivity contribution < 1.29 is 0 Å². The van der Waals surface area contributed by atoms with Gasteiger partial charge in [-0.05, 0) is 65.1 Å². The lowest BCUT2D eigenvalue weighted by atomic mass is 10.1. The first-order valence-electron chi connectivity index (χ1n) is 8.50. The summed E-state index contributed by atoms with van der Waals surface area (Å²) >= 11 is 0. The molecule has 0 amide bonds. The van der Waals surface area contributed by atoms with Gasteiger partial charge in [0.2, 0.25) is 0 Å². The molecule has 0 saturated heterocycles. The maximum atomic E-state index is 2.60. The Kier molecular flexibility index (Phi) is 4.55. The number of aromatic nitrogens is 1. The van der Waals surface area contributed by atoms with E-state index < -0.39 is 0 Å². The van der Waals surface area contributed by atoms with E-state index in [0.29, 0.717) is 0 Å². The van der Waals surface area contributed by atoms with Crippen molar-refractivity contribution in [2.75, 3.05) is 40.8 Å². The molecule has 3 heteroatoms. The fraction of sp³-hybridized carbons (Fsp3) is 0.579. The van der Waals surface area contributed by atoms with Crippen LogP contribution in [0, 0.1) is 6.92 Å². The minimum Gasteiger partial charge on any atom is -0.344 e. The van der Waals surface area contributed by atoms with Crippen LogP contribution in [-0.4, -0.2) is 55.1 Å². The van der Waals surface area contributed by atoms with Crippen molar-refractivity contribution >= 4 is 10.9 Å². The molecule has 3 rings (SSSR count). The monoisotopic (exact) mass is 299 g/mol. The van der Waals surface area contributed by atoms with Gasteiger partial charge in [-0.1, -0.05) is 11.6 Å². The number of hydrogen-bond acceptors (Lipinski definition) is 2. The second kappa shape index (κ2) is 6.43. The van der Waals surface area contributed by atoms with Crippen LogP contribution in [0.25, 0.3) is 10.9 Å². The molecule has 0 radical (unpaired) electrons. The van der Waals surface area contributed by atoms with Gasteiger partial charge < -0.3 is 14.4 Å². The van der Waals surface area contributed by atoms with Gasteiger partial charge in [0.05, 0.1) is 0 Å². The Bertz CT molecular complexity index is 654. The number of fused-ring (bicyclic) bond motifs is 3. The quantitative estimate of drug-likeness (QED) is 0.860. The largest absolute Gasteiger partial charge is 0.344 e. The second-order valence-corrected chi connectivity index (χ2v) is 7.06. The number of rotatable bonds is 4. The standard InChI is InChI=1S/C19H29N3/c1-15-6-7-18-17(14-15)16-8-12-21(4)13-9-19(16)22(18)11-5-10-20(2)3/h6-7,14H,5,8-13H2,1-4H3. The zero-order valence-electron chi connectivity index (χ0n) is 14.5. The normalized spacial score (nSPS) is 16.2. The van der Waals surface area contributed by atoms with Crippen molar-refractivity contribution in [2.24, 2.45) is 0 Å². The molecule has 0 saturated carbocycles. The van der Waals surface area contributed by atoms with Crippen LogP contribution in [0.5, 0.6) is 0 Å². The van der Waals surface area contributed by atoms with E-state index in [1.165, 1.54) is 48.8 Å². The molecule has 0 spiro atoms. The summed E-state index contributed by atoms with van der Waals surface area (Å²) in [5.74, 6) is 0. The molecule has 22 heavy (non-hydrogen) atoms. The minimum absolute atomic E-state index is 1.14. The van der Waals surface area contributed by atoms with Gasteiger partial charge in [-0.15, -0.1) is 0 Å². The van der Waals surface area contributed by atoms with E-state index in [0.717, 1.165) is 13.1 Å². The van der Waals surface area contributed by atoms with Crippen LogP contribution in [0.3, 0.4) is 0 Å². The average Bonchev–Trinajstić information content (AvgIpc) is 2.61. The molecular formula is C19H29N3. The maximum Gasteiger partial charge on any atom is 0.0485 e. The second-order valence-electron chi connectivity index (χ2n) is 7.06. The highest BCUT2D eigenvalue weighted by molar-refractivity contribution is 5.86. The fourth-order valence-corrected chi connectivity index (χ4v) is 3.67. The zero-order valence-corrected chi connectivity index (χ0v) is 14.5. The first-order valence-corrected chi connectivity index (χ1v) is 8.50. The zero-order chi connectivity index (χ0) is 15.7. The third-order valence-electron chi connectivity index (χ3n) is 4.90. The van der Waals surface area contributed by atoms with Gasteiger partial charge in [0, 0.05) is 42.7 Å². The van der Waals surface area contributed by atoms with Crippen molar-refractivity contribution in [1.82, 2.24) is 14.4 Å². The Balaban J connectivity index is 2.01. The Morgan fingerprint density at radius 2 is 1.91 bits per heavy atom. The molecule has 0 bridgehead atoms.